The predicted molar refractivity (Wildman–Crippen MR) is 124 cm³/mol. The number of morpholine rings is 1. The van der Waals surface area contributed by atoms with E-state index in [2.05, 4.69) is 28.3 Å². The molecule has 0 radical (unpaired) electrons. The van der Waals surface area contributed by atoms with Crippen LogP contribution >= 0.6 is 11.8 Å². The first-order valence-corrected chi connectivity index (χ1v) is 13.1. The summed E-state index contributed by atoms with van der Waals surface area (Å²) in [5, 5.41) is 9.26. The van der Waals surface area contributed by atoms with Gasteiger partial charge in [0.25, 0.3) is 0 Å². The van der Waals surface area contributed by atoms with Crippen molar-refractivity contribution in [1.82, 2.24) is 28.6 Å². The smallest absolute Gasteiger partial charge is 0.243 e. The molecule has 1 aliphatic rings. The zero-order valence-corrected chi connectivity index (χ0v) is 20.0. The zero-order chi connectivity index (χ0) is 22.7. The van der Waals surface area contributed by atoms with E-state index in [-0.39, 0.29) is 4.90 Å². The number of aryl methyl sites for hydroxylation is 2. The van der Waals surface area contributed by atoms with Crippen LogP contribution < -0.4 is 0 Å². The number of rotatable bonds is 9. The van der Waals surface area contributed by atoms with Gasteiger partial charge in [-0.2, -0.15) is 4.31 Å². The van der Waals surface area contributed by atoms with Crippen LogP contribution in [0.15, 0.2) is 40.9 Å². The maximum atomic E-state index is 13.1. The van der Waals surface area contributed by atoms with Gasteiger partial charge in [-0.3, -0.25) is 0 Å². The van der Waals surface area contributed by atoms with Crippen LogP contribution in [0.1, 0.15) is 25.0 Å². The largest absolute Gasteiger partial charge is 0.379 e. The minimum absolute atomic E-state index is 0.272. The molecule has 1 saturated heterocycles. The molecular formula is C21H28N6O3S2. The molecule has 0 aliphatic carbocycles. The van der Waals surface area contributed by atoms with E-state index in [1.54, 1.807) is 23.9 Å². The Morgan fingerprint density at radius 1 is 1.22 bits per heavy atom. The summed E-state index contributed by atoms with van der Waals surface area (Å²) in [7, 11) is -3.57. The van der Waals surface area contributed by atoms with Crippen molar-refractivity contribution >= 4 is 32.8 Å². The minimum atomic E-state index is -3.57. The quantitative estimate of drug-likeness (QED) is 0.346. The fourth-order valence-corrected chi connectivity index (χ4v) is 6.14. The number of hydrogen-bond acceptors (Lipinski definition) is 7. The maximum absolute atomic E-state index is 13.1. The average Bonchev–Trinajstić information content (AvgIpc) is 3.33. The molecule has 32 heavy (non-hydrogen) atoms. The van der Waals surface area contributed by atoms with Crippen LogP contribution in [0.25, 0.3) is 11.0 Å². The lowest BCUT2D eigenvalue weighted by Crippen LogP contribution is -2.40. The number of nitrogens with zero attached hydrogens (tertiary/aromatic N) is 6. The van der Waals surface area contributed by atoms with Crippen molar-refractivity contribution in [2.24, 2.45) is 0 Å². The van der Waals surface area contributed by atoms with Crippen molar-refractivity contribution in [2.75, 3.05) is 26.3 Å². The van der Waals surface area contributed by atoms with Crippen molar-refractivity contribution < 1.29 is 13.2 Å². The van der Waals surface area contributed by atoms with Crippen LogP contribution in [0.5, 0.6) is 0 Å². The molecule has 0 bridgehead atoms. The number of fused-ring (bicyclic) bond motifs is 1. The van der Waals surface area contributed by atoms with Gasteiger partial charge >= 0.3 is 0 Å². The van der Waals surface area contributed by atoms with Crippen LogP contribution in [0.4, 0.5) is 0 Å². The fraction of sp³-hybridized carbons (Fsp3) is 0.476. The molecule has 0 unspecified atom stereocenters. The Morgan fingerprint density at radius 3 is 2.72 bits per heavy atom. The standard InChI is InChI=1S/C21H28N6O3S2/c1-4-8-26-16(3)23-24-21(26)31-15-20-22-18-14-17(6-7-19(18)27(20)9-5-2)32(28,29)25-10-12-30-13-11-25/h4,6-7,14H,1,5,8-13,15H2,2-3H3. The van der Waals surface area contributed by atoms with E-state index in [4.69, 9.17) is 9.72 Å². The summed E-state index contributed by atoms with van der Waals surface area (Å²) in [6.45, 7) is 10.9. The third-order valence-electron chi connectivity index (χ3n) is 5.40. The molecule has 11 heteroatoms. The third kappa shape index (κ3) is 4.47. The summed E-state index contributed by atoms with van der Waals surface area (Å²) >= 11 is 1.57. The fourth-order valence-electron chi connectivity index (χ4n) is 3.78. The first kappa shape index (κ1) is 23.0. The van der Waals surface area contributed by atoms with Crippen molar-refractivity contribution in [1.29, 1.82) is 0 Å². The van der Waals surface area contributed by atoms with Crippen molar-refractivity contribution in [2.45, 2.75) is 49.2 Å². The van der Waals surface area contributed by atoms with Gasteiger partial charge in [-0.15, -0.1) is 16.8 Å². The van der Waals surface area contributed by atoms with E-state index in [0.29, 0.717) is 44.1 Å². The normalized spacial score (nSPS) is 15.4. The second-order valence-corrected chi connectivity index (χ2v) is 10.4. The molecule has 172 valence electrons. The highest BCUT2D eigenvalue weighted by molar-refractivity contribution is 7.98. The van der Waals surface area contributed by atoms with Gasteiger partial charge in [0, 0.05) is 26.2 Å². The molecule has 4 rings (SSSR count). The van der Waals surface area contributed by atoms with Gasteiger partial charge in [0.1, 0.15) is 11.6 Å². The summed E-state index contributed by atoms with van der Waals surface area (Å²) in [4.78, 5) is 5.08. The van der Waals surface area contributed by atoms with Gasteiger partial charge < -0.3 is 13.9 Å². The van der Waals surface area contributed by atoms with Crippen LogP contribution in [0.2, 0.25) is 0 Å². The summed E-state index contributed by atoms with van der Waals surface area (Å²) < 4.78 is 37.1. The number of aromatic nitrogens is 5. The van der Waals surface area contributed by atoms with Crippen molar-refractivity contribution in [3.63, 3.8) is 0 Å². The Balaban J connectivity index is 1.64. The highest BCUT2D eigenvalue weighted by atomic mass is 32.2. The van der Waals surface area contributed by atoms with E-state index >= 15 is 0 Å². The Bertz CT molecular complexity index is 1210. The topological polar surface area (TPSA) is 95.1 Å². The van der Waals surface area contributed by atoms with Crippen molar-refractivity contribution in [3.8, 4) is 0 Å². The second-order valence-electron chi connectivity index (χ2n) is 7.56. The molecular weight excluding hydrogens is 448 g/mol. The highest BCUT2D eigenvalue weighted by Gasteiger charge is 2.27. The minimum Gasteiger partial charge on any atom is -0.379 e. The molecule has 1 aliphatic heterocycles. The molecule has 1 aromatic carbocycles. The Kier molecular flexibility index (Phi) is 6.99. The maximum Gasteiger partial charge on any atom is 0.243 e. The number of allylic oxidation sites excluding steroid dienone is 1. The zero-order valence-electron chi connectivity index (χ0n) is 18.4. The predicted octanol–water partition coefficient (Wildman–Crippen LogP) is 2.85. The molecule has 0 saturated carbocycles. The molecule has 3 heterocycles. The van der Waals surface area contributed by atoms with Gasteiger partial charge in [0.15, 0.2) is 5.16 Å². The van der Waals surface area contributed by atoms with Crippen molar-refractivity contribution in [3.05, 3.63) is 42.5 Å². The van der Waals surface area contributed by atoms with E-state index in [1.807, 2.05) is 23.6 Å². The van der Waals surface area contributed by atoms with Gasteiger partial charge in [0.2, 0.25) is 10.0 Å². The molecule has 0 spiro atoms. The van der Waals surface area contributed by atoms with Crippen LogP contribution in [0, 0.1) is 6.92 Å². The number of sulfonamides is 1. The number of ether oxygens (including phenoxy) is 1. The lowest BCUT2D eigenvalue weighted by atomic mass is 10.3. The monoisotopic (exact) mass is 476 g/mol. The van der Waals surface area contributed by atoms with Crippen LogP contribution in [-0.2, 0) is 33.6 Å². The highest BCUT2D eigenvalue weighted by Crippen LogP contribution is 2.27. The van der Waals surface area contributed by atoms with Gasteiger partial charge in [-0.05, 0) is 31.5 Å². The molecule has 1 fully saturated rings. The second kappa shape index (κ2) is 9.74. The average molecular weight is 477 g/mol. The van der Waals surface area contributed by atoms with E-state index < -0.39 is 10.0 Å². The van der Waals surface area contributed by atoms with Crippen LogP contribution in [-0.4, -0.2) is 63.3 Å². The SMILES string of the molecule is C=CCn1c(C)nnc1SCc1nc2cc(S(=O)(=O)N3CCOCC3)ccc2n1CCC. The molecule has 0 amide bonds. The lowest BCUT2D eigenvalue weighted by Gasteiger charge is -2.26. The Hall–Kier alpha value is -2.21. The molecule has 2 aromatic heterocycles. The number of imidazole rings is 1. The van der Waals surface area contributed by atoms with E-state index in [0.717, 1.165) is 35.3 Å². The summed E-state index contributed by atoms with van der Waals surface area (Å²) in [6, 6.07) is 5.23. The Labute approximate surface area is 192 Å². The molecule has 9 nitrogen and oxygen atoms in total. The summed E-state index contributed by atoms with van der Waals surface area (Å²) in [5.74, 6) is 2.33. The van der Waals surface area contributed by atoms with Crippen LogP contribution in [0.3, 0.4) is 0 Å². The van der Waals surface area contributed by atoms with Gasteiger partial charge in [-0.25, -0.2) is 13.4 Å². The molecule has 3 aromatic rings. The first-order valence-electron chi connectivity index (χ1n) is 10.7. The Morgan fingerprint density at radius 2 is 2.00 bits per heavy atom. The van der Waals surface area contributed by atoms with E-state index in [1.165, 1.54) is 4.31 Å². The van der Waals surface area contributed by atoms with Gasteiger partial charge in [-0.1, -0.05) is 24.8 Å². The molecule has 0 N–H and O–H groups in total. The number of thioether (sulfide) groups is 1. The van der Waals surface area contributed by atoms with Gasteiger partial charge in [0.05, 0.1) is 34.9 Å². The molecule has 0 atom stereocenters. The lowest BCUT2D eigenvalue weighted by molar-refractivity contribution is 0.0730. The van der Waals surface area contributed by atoms with E-state index in [9.17, 15) is 8.42 Å². The number of hydrogen-bond donors (Lipinski definition) is 0. The number of benzene rings is 1. The summed E-state index contributed by atoms with van der Waals surface area (Å²) in [6.07, 6.45) is 2.77. The third-order valence-corrected chi connectivity index (χ3v) is 8.26. The first-order chi connectivity index (χ1) is 15.5. The summed E-state index contributed by atoms with van der Waals surface area (Å²) in [5.41, 5.74) is 1.62.